The third kappa shape index (κ3) is 6.55. The van der Waals surface area contributed by atoms with Gasteiger partial charge in [0, 0.05) is 0 Å². The maximum Gasteiger partial charge on any atom is 0.333 e. The van der Waals surface area contributed by atoms with E-state index in [1.54, 1.807) is 24.3 Å². The van der Waals surface area contributed by atoms with E-state index in [0.29, 0.717) is 26.5 Å². The predicted molar refractivity (Wildman–Crippen MR) is 160 cm³/mol. The average Bonchev–Trinajstić information content (AvgIpc) is 2.98. The summed E-state index contributed by atoms with van der Waals surface area (Å²) in [5.41, 5.74) is 12.5. The Morgan fingerprint density at radius 2 is 0.860 bits per heavy atom. The first-order chi connectivity index (χ1) is 20.4. The van der Waals surface area contributed by atoms with E-state index in [4.69, 9.17) is 20.9 Å². The SMILES string of the molecule is COc1ccc(S(=O)(=O)N(C(N)=O)c2ccc(Cc3ccc(N(C(N)=O)S(=O)(=O)c4ccc(OC)cc4)cc3)cc2)cc1. The molecule has 0 spiro atoms. The van der Waals surface area contributed by atoms with Crippen LogP contribution in [0.1, 0.15) is 11.1 Å². The van der Waals surface area contributed by atoms with Crippen LogP contribution in [0.4, 0.5) is 21.0 Å². The zero-order chi connectivity index (χ0) is 31.4. The van der Waals surface area contributed by atoms with Crippen LogP contribution in [0.25, 0.3) is 0 Å². The molecule has 0 aliphatic carbocycles. The Balaban J connectivity index is 1.54. The lowest BCUT2D eigenvalue weighted by atomic mass is 10.0. The summed E-state index contributed by atoms with van der Waals surface area (Å²) in [6.45, 7) is 0. The van der Waals surface area contributed by atoms with E-state index in [9.17, 15) is 26.4 Å². The van der Waals surface area contributed by atoms with Crippen LogP contribution in [0.5, 0.6) is 11.5 Å². The van der Waals surface area contributed by atoms with Gasteiger partial charge in [0.1, 0.15) is 11.5 Å². The number of rotatable bonds is 10. The largest absolute Gasteiger partial charge is 0.497 e. The summed E-state index contributed by atoms with van der Waals surface area (Å²) in [6, 6.07) is 21.0. The molecule has 0 bridgehead atoms. The monoisotopic (exact) mass is 624 g/mol. The van der Waals surface area contributed by atoms with Gasteiger partial charge in [-0.3, -0.25) is 0 Å². The second-order valence-electron chi connectivity index (χ2n) is 9.08. The van der Waals surface area contributed by atoms with Crippen molar-refractivity contribution in [3.63, 3.8) is 0 Å². The third-order valence-corrected chi connectivity index (χ3v) is 9.82. The first-order valence-corrected chi connectivity index (χ1v) is 15.4. The van der Waals surface area contributed by atoms with Crippen LogP contribution in [0.2, 0.25) is 0 Å². The van der Waals surface area contributed by atoms with Gasteiger partial charge in [-0.1, -0.05) is 24.3 Å². The number of ether oxygens (including phenoxy) is 2. The Morgan fingerprint density at radius 3 is 1.12 bits per heavy atom. The number of benzene rings is 4. The number of nitrogens with zero attached hydrogens (tertiary/aromatic N) is 2. The van der Waals surface area contributed by atoms with Gasteiger partial charge < -0.3 is 20.9 Å². The van der Waals surface area contributed by atoms with Crippen LogP contribution in [0.15, 0.2) is 107 Å². The van der Waals surface area contributed by atoms with Gasteiger partial charge in [-0.2, -0.15) is 8.61 Å². The molecule has 0 aliphatic rings. The third-order valence-electron chi connectivity index (χ3n) is 6.35. The summed E-state index contributed by atoms with van der Waals surface area (Å²) in [5, 5.41) is 0. The molecule has 0 aliphatic heterocycles. The highest BCUT2D eigenvalue weighted by molar-refractivity contribution is 7.94. The van der Waals surface area contributed by atoms with Crippen LogP contribution >= 0.6 is 0 Å². The minimum Gasteiger partial charge on any atom is -0.497 e. The maximum atomic E-state index is 13.2. The number of anilines is 2. The summed E-state index contributed by atoms with van der Waals surface area (Å²) < 4.78 is 63.8. The van der Waals surface area contributed by atoms with Gasteiger partial charge in [-0.05, 0) is 90.3 Å². The minimum absolute atomic E-state index is 0.0447. The van der Waals surface area contributed by atoms with Gasteiger partial charge in [0.2, 0.25) is 0 Å². The molecular weight excluding hydrogens is 596 g/mol. The van der Waals surface area contributed by atoms with Crippen molar-refractivity contribution in [2.75, 3.05) is 22.8 Å². The van der Waals surface area contributed by atoms with Gasteiger partial charge in [0.25, 0.3) is 20.0 Å². The zero-order valence-electron chi connectivity index (χ0n) is 23.1. The molecule has 4 N–H and O–H groups in total. The second-order valence-corrected chi connectivity index (χ2v) is 12.6. The van der Waals surface area contributed by atoms with Crippen molar-refractivity contribution in [1.82, 2.24) is 0 Å². The van der Waals surface area contributed by atoms with Crippen molar-refractivity contribution < 1.29 is 35.9 Å². The highest BCUT2D eigenvalue weighted by atomic mass is 32.2. The van der Waals surface area contributed by atoms with E-state index >= 15 is 0 Å². The van der Waals surface area contributed by atoms with Gasteiger partial charge >= 0.3 is 12.1 Å². The summed E-state index contributed by atoms with van der Waals surface area (Å²) >= 11 is 0. The van der Waals surface area contributed by atoms with E-state index in [-0.39, 0.29) is 21.2 Å². The molecule has 0 aromatic heterocycles. The fraction of sp³-hybridized carbons (Fsp3) is 0.103. The first-order valence-electron chi connectivity index (χ1n) is 12.5. The smallest absolute Gasteiger partial charge is 0.333 e. The molecule has 0 saturated carbocycles. The molecule has 4 aromatic carbocycles. The predicted octanol–water partition coefficient (Wildman–Crippen LogP) is 3.84. The number of nitrogens with two attached hydrogens (primary N) is 2. The van der Waals surface area contributed by atoms with E-state index in [1.807, 2.05) is 0 Å². The van der Waals surface area contributed by atoms with Crippen LogP contribution in [0.3, 0.4) is 0 Å². The molecule has 224 valence electrons. The quantitative estimate of drug-likeness (QED) is 0.267. The van der Waals surface area contributed by atoms with Crippen molar-refractivity contribution in [2.24, 2.45) is 11.5 Å². The van der Waals surface area contributed by atoms with Crippen molar-refractivity contribution in [3.05, 3.63) is 108 Å². The van der Waals surface area contributed by atoms with Gasteiger partial charge in [-0.15, -0.1) is 0 Å². The number of hydrogen-bond acceptors (Lipinski definition) is 8. The van der Waals surface area contributed by atoms with Crippen molar-refractivity contribution in [3.8, 4) is 11.5 Å². The number of carbonyl (C=O) groups is 2. The Kier molecular flexibility index (Phi) is 8.92. The second kappa shape index (κ2) is 12.4. The molecule has 12 nitrogen and oxygen atoms in total. The zero-order valence-corrected chi connectivity index (χ0v) is 24.7. The normalized spacial score (nSPS) is 11.4. The fourth-order valence-corrected chi connectivity index (χ4v) is 6.86. The lowest BCUT2D eigenvalue weighted by Crippen LogP contribution is -2.40. The molecule has 0 radical (unpaired) electrons. The summed E-state index contributed by atoms with van der Waals surface area (Å²) in [5.74, 6) is 0.895. The molecular formula is C29H28N4O8S2. The Hall–Kier alpha value is -5.08. The van der Waals surface area contributed by atoms with Crippen LogP contribution < -0.4 is 29.6 Å². The average molecular weight is 625 g/mol. The highest BCUT2D eigenvalue weighted by Crippen LogP contribution is 2.28. The minimum atomic E-state index is -4.30. The number of methoxy groups -OCH3 is 2. The molecule has 0 fully saturated rings. The van der Waals surface area contributed by atoms with Gasteiger partial charge in [0.05, 0.1) is 35.4 Å². The topological polar surface area (TPSA) is 179 Å². The Bertz CT molecular complexity index is 1690. The van der Waals surface area contributed by atoms with E-state index in [0.717, 1.165) is 11.1 Å². The maximum absolute atomic E-state index is 13.2. The number of amides is 4. The van der Waals surface area contributed by atoms with Gasteiger partial charge in [0.15, 0.2) is 0 Å². The summed E-state index contributed by atoms with van der Waals surface area (Å²) in [6.07, 6.45) is 0.365. The molecule has 4 aromatic rings. The lowest BCUT2D eigenvalue weighted by Gasteiger charge is -2.21. The lowest BCUT2D eigenvalue weighted by molar-refractivity contribution is 0.256. The van der Waals surface area contributed by atoms with Crippen LogP contribution in [-0.2, 0) is 26.5 Å². The highest BCUT2D eigenvalue weighted by Gasteiger charge is 2.31. The Labute approximate surface area is 249 Å². The van der Waals surface area contributed by atoms with Crippen LogP contribution in [-0.4, -0.2) is 43.1 Å². The molecule has 4 amide bonds. The standard InChI is InChI=1S/C29H28N4O8S2/c1-40-24-11-15-26(16-12-24)42(36,37)32(28(30)34)22-7-3-20(4-8-22)19-21-5-9-23(10-6-21)33(29(31)35)43(38,39)27-17-13-25(41-2)14-18-27/h3-18H,19H2,1-2H3,(H2,30,34)(H2,31,35). The number of primary amides is 2. The molecule has 0 heterocycles. The van der Waals surface area contributed by atoms with Gasteiger partial charge in [-0.25, -0.2) is 26.4 Å². The molecule has 0 atom stereocenters. The van der Waals surface area contributed by atoms with E-state index in [1.165, 1.54) is 87.0 Å². The molecule has 0 unspecified atom stereocenters. The number of urea groups is 2. The summed E-state index contributed by atoms with van der Waals surface area (Å²) in [7, 11) is -5.71. The van der Waals surface area contributed by atoms with E-state index < -0.39 is 32.1 Å². The number of hydrogen-bond donors (Lipinski definition) is 2. The van der Waals surface area contributed by atoms with Crippen molar-refractivity contribution in [1.29, 1.82) is 0 Å². The van der Waals surface area contributed by atoms with Crippen LogP contribution in [0, 0.1) is 0 Å². The summed E-state index contributed by atoms with van der Waals surface area (Å²) in [4.78, 5) is 24.1. The fourth-order valence-electron chi connectivity index (χ4n) is 4.21. The molecule has 43 heavy (non-hydrogen) atoms. The first kappa shape index (κ1) is 30.9. The molecule has 14 heteroatoms. The molecule has 4 rings (SSSR count). The molecule has 0 saturated heterocycles. The van der Waals surface area contributed by atoms with Crippen molar-refractivity contribution in [2.45, 2.75) is 16.2 Å². The van der Waals surface area contributed by atoms with E-state index in [2.05, 4.69) is 0 Å². The van der Waals surface area contributed by atoms with Crippen molar-refractivity contribution >= 4 is 43.5 Å². The number of sulfonamides is 2. The number of carbonyl (C=O) groups excluding carboxylic acids is 2. The Morgan fingerprint density at radius 1 is 0.558 bits per heavy atom.